The molecule has 0 unspecified atom stereocenters. The fourth-order valence-electron chi connectivity index (χ4n) is 2.82. The standard InChI is InChI=1S/C18H26N2/c1-6-11-19-17-14(7-2)13(5)20-18-15(12(3)4)9-8-10-16(17)18/h8-10,12H,6-7,11H2,1-5H3,(H,19,20). The average molecular weight is 270 g/mol. The van der Waals surface area contributed by atoms with E-state index in [9.17, 15) is 0 Å². The van der Waals surface area contributed by atoms with Crippen LogP contribution in [0.3, 0.4) is 0 Å². The second kappa shape index (κ2) is 6.25. The van der Waals surface area contributed by atoms with Crippen LogP contribution in [-0.4, -0.2) is 11.5 Å². The van der Waals surface area contributed by atoms with Gasteiger partial charge in [-0.3, -0.25) is 4.98 Å². The van der Waals surface area contributed by atoms with Crippen LogP contribution in [-0.2, 0) is 6.42 Å². The first-order valence-corrected chi connectivity index (χ1v) is 7.76. The Morgan fingerprint density at radius 2 is 1.95 bits per heavy atom. The fourth-order valence-corrected chi connectivity index (χ4v) is 2.82. The molecule has 0 radical (unpaired) electrons. The summed E-state index contributed by atoms with van der Waals surface area (Å²) in [7, 11) is 0. The van der Waals surface area contributed by atoms with Gasteiger partial charge in [0.25, 0.3) is 0 Å². The lowest BCUT2D eigenvalue weighted by Crippen LogP contribution is -2.07. The first kappa shape index (κ1) is 14.8. The molecular weight excluding hydrogens is 244 g/mol. The van der Waals surface area contributed by atoms with Crippen molar-refractivity contribution in [3.05, 3.63) is 35.0 Å². The van der Waals surface area contributed by atoms with E-state index in [-0.39, 0.29) is 0 Å². The number of hydrogen-bond acceptors (Lipinski definition) is 2. The van der Waals surface area contributed by atoms with Crippen molar-refractivity contribution in [1.82, 2.24) is 4.98 Å². The predicted octanol–water partition coefficient (Wildman–Crippen LogP) is 5.05. The molecule has 1 aromatic carbocycles. The summed E-state index contributed by atoms with van der Waals surface area (Å²) >= 11 is 0. The smallest absolute Gasteiger partial charge is 0.0760 e. The summed E-state index contributed by atoms with van der Waals surface area (Å²) in [5, 5.41) is 4.89. The number of nitrogens with zero attached hydrogens (tertiary/aromatic N) is 1. The Labute approximate surface area is 122 Å². The summed E-state index contributed by atoms with van der Waals surface area (Å²) in [6.45, 7) is 12.0. The number of rotatable bonds is 5. The Morgan fingerprint density at radius 1 is 1.20 bits per heavy atom. The Balaban J connectivity index is 2.74. The number of hydrogen-bond donors (Lipinski definition) is 1. The number of nitrogens with one attached hydrogen (secondary N) is 1. The molecule has 0 aliphatic rings. The molecule has 1 heterocycles. The normalized spacial score (nSPS) is 11.3. The molecule has 0 bridgehead atoms. The van der Waals surface area contributed by atoms with E-state index in [1.165, 1.54) is 22.2 Å². The van der Waals surface area contributed by atoms with Gasteiger partial charge in [-0.05, 0) is 36.8 Å². The highest BCUT2D eigenvalue weighted by Gasteiger charge is 2.14. The van der Waals surface area contributed by atoms with Crippen molar-refractivity contribution in [2.45, 2.75) is 53.4 Å². The fraction of sp³-hybridized carbons (Fsp3) is 0.500. The summed E-state index contributed by atoms with van der Waals surface area (Å²) in [4.78, 5) is 4.90. The van der Waals surface area contributed by atoms with E-state index in [1.54, 1.807) is 0 Å². The van der Waals surface area contributed by atoms with Crippen LogP contribution in [0.1, 0.15) is 56.9 Å². The van der Waals surface area contributed by atoms with E-state index in [4.69, 9.17) is 4.98 Å². The van der Waals surface area contributed by atoms with E-state index in [2.05, 4.69) is 58.1 Å². The second-order valence-corrected chi connectivity index (χ2v) is 5.73. The lowest BCUT2D eigenvalue weighted by Gasteiger charge is -2.18. The SMILES string of the molecule is CCCNc1c(CC)c(C)nc2c(C(C)C)cccc12. The van der Waals surface area contributed by atoms with Crippen LogP contribution >= 0.6 is 0 Å². The number of para-hydroxylation sites is 1. The zero-order valence-electron chi connectivity index (χ0n) is 13.4. The molecule has 2 aromatic rings. The molecule has 0 saturated heterocycles. The Kier molecular flexibility index (Phi) is 4.64. The maximum absolute atomic E-state index is 4.90. The molecular formula is C18H26N2. The highest BCUT2D eigenvalue weighted by molar-refractivity contribution is 5.95. The zero-order chi connectivity index (χ0) is 14.7. The minimum atomic E-state index is 0.497. The molecule has 0 amide bonds. The van der Waals surface area contributed by atoms with Gasteiger partial charge in [-0.25, -0.2) is 0 Å². The van der Waals surface area contributed by atoms with Crippen molar-refractivity contribution < 1.29 is 0 Å². The van der Waals surface area contributed by atoms with Gasteiger partial charge >= 0.3 is 0 Å². The van der Waals surface area contributed by atoms with Crippen molar-refractivity contribution in [3.8, 4) is 0 Å². The monoisotopic (exact) mass is 270 g/mol. The van der Waals surface area contributed by atoms with Crippen molar-refractivity contribution >= 4 is 16.6 Å². The first-order valence-electron chi connectivity index (χ1n) is 7.76. The van der Waals surface area contributed by atoms with Crippen molar-refractivity contribution in [2.75, 3.05) is 11.9 Å². The third-order valence-corrected chi connectivity index (χ3v) is 3.88. The van der Waals surface area contributed by atoms with Crippen LogP contribution in [0.2, 0.25) is 0 Å². The topological polar surface area (TPSA) is 24.9 Å². The minimum absolute atomic E-state index is 0.497. The average Bonchev–Trinajstić information content (AvgIpc) is 2.43. The van der Waals surface area contributed by atoms with Crippen LogP contribution in [0.5, 0.6) is 0 Å². The van der Waals surface area contributed by atoms with Crippen LogP contribution in [0.15, 0.2) is 18.2 Å². The third-order valence-electron chi connectivity index (χ3n) is 3.88. The van der Waals surface area contributed by atoms with E-state index in [1.807, 2.05) is 0 Å². The molecule has 0 atom stereocenters. The predicted molar refractivity (Wildman–Crippen MR) is 88.7 cm³/mol. The summed E-state index contributed by atoms with van der Waals surface area (Å²) < 4.78 is 0. The maximum Gasteiger partial charge on any atom is 0.0760 e. The molecule has 2 nitrogen and oxygen atoms in total. The van der Waals surface area contributed by atoms with Crippen LogP contribution in [0.4, 0.5) is 5.69 Å². The highest BCUT2D eigenvalue weighted by atomic mass is 14.9. The van der Waals surface area contributed by atoms with Crippen molar-refractivity contribution in [2.24, 2.45) is 0 Å². The summed E-state index contributed by atoms with van der Waals surface area (Å²) in [5.41, 5.74) is 6.31. The van der Waals surface area contributed by atoms with Gasteiger partial charge in [0, 0.05) is 23.3 Å². The van der Waals surface area contributed by atoms with E-state index < -0.39 is 0 Å². The van der Waals surface area contributed by atoms with E-state index in [0.29, 0.717) is 5.92 Å². The number of aromatic nitrogens is 1. The van der Waals surface area contributed by atoms with Gasteiger partial charge in [-0.2, -0.15) is 0 Å². The van der Waals surface area contributed by atoms with Gasteiger partial charge in [0.05, 0.1) is 5.52 Å². The molecule has 108 valence electrons. The van der Waals surface area contributed by atoms with Crippen molar-refractivity contribution in [3.63, 3.8) is 0 Å². The van der Waals surface area contributed by atoms with Gasteiger partial charge in [0.2, 0.25) is 0 Å². The molecule has 0 saturated carbocycles. The Bertz CT molecular complexity index is 600. The largest absolute Gasteiger partial charge is 0.384 e. The number of anilines is 1. The number of pyridine rings is 1. The van der Waals surface area contributed by atoms with Gasteiger partial charge in [-0.15, -0.1) is 0 Å². The Morgan fingerprint density at radius 3 is 2.55 bits per heavy atom. The Hall–Kier alpha value is -1.57. The van der Waals surface area contributed by atoms with Gasteiger partial charge in [0.15, 0.2) is 0 Å². The maximum atomic E-state index is 4.90. The summed E-state index contributed by atoms with van der Waals surface area (Å²) in [6.07, 6.45) is 2.16. The summed E-state index contributed by atoms with van der Waals surface area (Å²) in [5.74, 6) is 0.497. The molecule has 1 aromatic heterocycles. The third kappa shape index (κ3) is 2.65. The van der Waals surface area contributed by atoms with Crippen molar-refractivity contribution in [1.29, 1.82) is 0 Å². The molecule has 0 spiro atoms. The highest BCUT2D eigenvalue weighted by Crippen LogP contribution is 2.33. The van der Waals surface area contributed by atoms with E-state index in [0.717, 1.165) is 30.6 Å². The van der Waals surface area contributed by atoms with Gasteiger partial charge < -0.3 is 5.32 Å². The number of aryl methyl sites for hydroxylation is 1. The van der Waals surface area contributed by atoms with Crippen LogP contribution in [0.25, 0.3) is 10.9 Å². The van der Waals surface area contributed by atoms with Crippen LogP contribution < -0.4 is 5.32 Å². The number of benzene rings is 1. The second-order valence-electron chi connectivity index (χ2n) is 5.73. The molecule has 0 fully saturated rings. The molecule has 0 aliphatic heterocycles. The molecule has 0 aliphatic carbocycles. The number of fused-ring (bicyclic) bond motifs is 1. The van der Waals surface area contributed by atoms with Gasteiger partial charge in [-0.1, -0.05) is 45.9 Å². The van der Waals surface area contributed by atoms with E-state index >= 15 is 0 Å². The quantitative estimate of drug-likeness (QED) is 0.822. The molecule has 2 rings (SSSR count). The lowest BCUT2D eigenvalue weighted by molar-refractivity contribution is 0.871. The minimum Gasteiger partial charge on any atom is -0.384 e. The summed E-state index contributed by atoms with van der Waals surface area (Å²) in [6, 6.07) is 6.56. The van der Waals surface area contributed by atoms with Gasteiger partial charge in [0.1, 0.15) is 0 Å². The molecule has 20 heavy (non-hydrogen) atoms. The molecule has 2 heteroatoms. The first-order chi connectivity index (χ1) is 9.60. The van der Waals surface area contributed by atoms with Crippen LogP contribution in [0, 0.1) is 6.92 Å². The molecule has 1 N–H and O–H groups in total. The lowest BCUT2D eigenvalue weighted by atomic mass is 9.96. The zero-order valence-corrected chi connectivity index (χ0v) is 13.4.